The summed E-state index contributed by atoms with van der Waals surface area (Å²) < 4.78 is 0. The molecule has 7 nitrogen and oxygen atoms in total. The van der Waals surface area contributed by atoms with Gasteiger partial charge in [-0.25, -0.2) is 9.97 Å². The largest absolute Gasteiger partial charge is 0.366 e. The quantitative estimate of drug-likeness (QED) is 0.620. The number of nitrogens with zero attached hydrogens (tertiary/aromatic N) is 4. The van der Waals surface area contributed by atoms with Crippen molar-refractivity contribution in [3.8, 4) is 0 Å². The Morgan fingerprint density at radius 3 is 2.25 bits per heavy atom. The van der Waals surface area contributed by atoms with Crippen LogP contribution in [0, 0.1) is 17.3 Å². The number of carbonyl (C=O) groups excluding carboxylic acids is 1. The molecule has 1 atom stereocenters. The van der Waals surface area contributed by atoms with Gasteiger partial charge >= 0.3 is 0 Å². The maximum atomic E-state index is 12.4. The lowest BCUT2D eigenvalue weighted by Gasteiger charge is -2.57. The molecule has 2 saturated carbocycles. The molecule has 0 aromatic carbocycles. The fourth-order valence-corrected chi connectivity index (χ4v) is 6.92. The molecule has 0 amide bonds. The first-order valence-corrected chi connectivity index (χ1v) is 13.5. The van der Waals surface area contributed by atoms with Crippen molar-refractivity contribution in [2.45, 2.75) is 84.0 Å². The Morgan fingerprint density at radius 2 is 1.72 bits per heavy atom. The second-order valence-electron chi connectivity index (χ2n) is 10.8. The van der Waals surface area contributed by atoms with E-state index in [2.05, 4.69) is 33.6 Å². The molecule has 1 unspecified atom stereocenters. The number of hydrogen-bond donors (Lipinski definition) is 2. The SMILES string of the molecule is CC(C)C(=O)C1CCC2(CC1)CC(N1CCN(c3cnc(C(C)C)nc3)CC1P(O)O)C2. The molecule has 32 heavy (non-hydrogen) atoms. The first-order valence-electron chi connectivity index (χ1n) is 12.2. The van der Waals surface area contributed by atoms with Gasteiger partial charge in [0.05, 0.1) is 23.9 Å². The Kier molecular flexibility index (Phi) is 7.21. The average molecular weight is 463 g/mol. The molecule has 1 aliphatic heterocycles. The van der Waals surface area contributed by atoms with Crippen LogP contribution in [0.1, 0.15) is 78.0 Å². The van der Waals surface area contributed by atoms with Crippen LogP contribution in [-0.2, 0) is 4.79 Å². The monoisotopic (exact) mass is 462 g/mol. The van der Waals surface area contributed by atoms with E-state index in [-0.39, 0.29) is 17.6 Å². The third-order valence-electron chi connectivity index (χ3n) is 8.02. The molecule has 2 N–H and O–H groups in total. The molecule has 0 bridgehead atoms. The first-order chi connectivity index (χ1) is 15.2. The number of aromatic nitrogens is 2. The van der Waals surface area contributed by atoms with Crippen molar-refractivity contribution in [2.75, 3.05) is 24.5 Å². The summed E-state index contributed by atoms with van der Waals surface area (Å²) in [5.41, 5.74) is 1.32. The minimum absolute atomic E-state index is 0.139. The molecule has 1 aromatic heterocycles. The highest BCUT2D eigenvalue weighted by atomic mass is 31.2. The van der Waals surface area contributed by atoms with Crippen molar-refractivity contribution >= 4 is 19.8 Å². The molecule has 0 radical (unpaired) electrons. The predicted molar refractivity (Wildman–Crippen MR) is 127 cm³/mol. The highest BCUT2D eigenvalue weighted by Gasteiger charge is 2.51. The minimum Gasteiger partial charge on any atom is -0.366 e. The van der Waals surface area contributed by atoms with E-state index in [0.717, 1.165) is 63.1 Å². The molecule has 4 rings (SSSR count). The fraction of sp³-hybridized carbons (Fsp3) is 0.792. The lowest BCUT2D eigenvalue weighted by Crippen LogP contribution is -2.61. The van der Waals surface area contributed by atoms with Crippen molar-refractivity contribution in [1.29, 1.82) is 0 Å². The van der Waals surface area contributed by atoms with Crippen LogP contribution in [-0.4, -0.2) is 61.9 Å². The lowest BCUT2D eigenvalue weighted by atomic mass is 9.56. The van der Waals surface area contributed by atoms with Gasteiger partial charge in [0.1, 0.15) is 11.6 Å². The number of Topliss-reactive ketones (excluding diaryl/α,β-unsaturated/α-hetero) is 1. The van der Waals surface area contributed by atoms with Crippen molar-refractivity contribution in [1.82, 2.24) is 14.9 Å². The predicted octanol–water partition coefficient (Wildman–Crippen LogP) is 3.91. The summed E-state index contributed by atoms with van der Waals surface area (Å²) in [6, 6.07) is 0.420. The first kappa shape index (κ1) is 24.0. The lowest BCUT2D eigenvalue weighted by molar-refractivity contribution is -0.129. The smallest absolute Gasteiger partial charge is 0.185 e. The van der Waals surface area contributed by atoms with Crippen LogP contribution in [0.4, 0.5) is 5.69 Å². The van der Waals surface area contributed by atoms with E-state index < -0.39 is 8.38 Å². The van der Waals surface area contributed by atoms with Crippen LogP contribution >= 0.6 is 8.38 Å². The van der Waals surface area contributed by atoms with Gasteiger partial charge in [-0.2, -0.15) is 0 Å². The Balaban J connectivity index is 1.34. The number of rotatable bonds is 6. The highest BCUT2D eigenvalue weighted by molar-refractivity contribution is 7.45. The van der Waals surface area contributed by atoms with Crippen LogP contribution in [0.3, 0.4) is 0 Å². The molecule has 1 aromatic rings. The Hall–Kier alpha value is -1.14. The maximum absolute atomic E-state index is 12.4. The summed E-state index contributed by atoms with van der Waals surface area (Å²) in [5.74, 6) is 1.71. The van der Waals surface area contributed by atoms with Gasteiger partial charge in [0, 0.05) is 43.4 Å². The van der Waals surface area contributed by atoms with Gasteiger partial charge in [-0.15, -0.1) is 0 Å². The van der Waals surface area contributed by atoms with Gasteiger partial charge in [0.2, 0.25) is 0 Å². The summed E-state index contributed by atoms with van der Waals surface area (Å²) in [4.78, 5) is 46.3. The highest BCUT2D eigenvalue weighted by Crippen LogP contribution is 2.56. The van der Waals surface area contributed by atoms with E-state index in [0.29, 0.717) is 29.7 Å². The van der Waals surface area contributed by atoms with E-state index in [9.17, 15) is 14.6 Å². The van der Waals surface area contributed by atoms with Crippen molar-refractivity contribution in [3.63, 3.8) is 0 Å². The normalized spacial score (nSPS) is 31.5. The number of piperazine rings is 1. The Labute approximate surface area is 193 Å². The molecule has 3 aliphatic rings. The molecule has 8 heteroatoms. The minimum atomic E-state index is -2.05. The summed E-state index contributed by atoms with van der Waals surface area (Å²) in [6.07, 6.45) is 10.3. The molecule has 1 saturated heterocycles. The van der Waals surface area contributed by atoms with Crippen LogP contribution in [0.25, 0.3) is 0 Å². The fourth-order valence-electron chi connectivity index (χ4n) is 6.01. The average Bonchev–Trinajstić information content (AvgIpc) is 2.76. The second-order valence-corrected chi connectivity index (χ2v) is 12.1. The van der Waals surface area contributed by atoms with Crippen LogP contribution in [0.15, 0.2) is 12.4 Å². The molecule has 3 fully saturated rings. The summed E-state index contributed by atoms with van der Waals surface area (Å²) in [7, 11) is -2.05. The third-order valence-corrected chi connectivity index (χ3v) is 9.02. The zero-order valence-corrected chi connectivity index (χ0v) is 20.8. The molecule has 1 spiro atoms. The third kappa shape index (κ3) is 4.86. The van der Waals surface area contributed by atoms with Gasteiger partial charge < -0.3 is 14.7 Å². The Morgan fingerprint density at radius 1 is 1.09 bits per heavy atom. The molecular weight excluding hydrogens is 423 g/mol. The van der Waals surface area contributed by atoms with Crippen molar-refractivity contribution in [3.05, 3.63) is 18.2 Å². The van der Waals surface area contributed by atoms with Gasteiger partial charge in [-0.3, -0.25) is 9.69 Å². The maximum Gasteiger partial charge on any atom is 0.185 e. The topological polar surface area (TPSA) is 89.8 Å². The van der Waals surface area contributed by atoms with E-state index in [1.54, 1.807) is 0 Å². The van der Waals surface area contributed by atoms with Crippen molar-refractivity contribution < 1.29 is 14.6 Å². The zero-order valence-electron chi connectivity index (χ0n) is 19.9. The van der Waals surface area contributed by atoms with E-state index in [1.165, 1.54) is 0 Å². The number of carbonyl (C=O) groups is 1. The van der Waals surface area contributed by atoms with Crippen molar-refractivity contribution in [2.24, 2.45) is 17.3 Å². The molecular formula is C24H39N4O3P. The molecule has 2 heterocycles. The summed E-state index contributed by atoms with van der Waals surface area (Å²) in [6.45, 7) is 10.4. The Bertz CT molecular complexity index is 785. The second kappa shape index (κ2) is 9.61. The summed E-state index contributed by atoms with van der Waals surface area (Å²) in [5, 5.41) is 0. The van der Waals surface area contributed by atoms with Crippen LogP contribution in [0.5, 0.6) is 0 Å². The number of hydrogen-bond acceptors (Lipinski definition) is 7. The van der Waals surface area contributed by atoms with Crippen LogP contribution < -0.4 is 4.90 Å². The number of ketones is 1. The van der Waals surface area contributed by atoms with Crippen LogP contribution in [0.2, 0.25) is 0 Å². The van der Waals surface area contributed by atoms with Gasteiger partial charge in [-0.1, -0.05) is 27.7 Å². The molecule has 178 valence electrons. The van der Waals surface area contributed by atoms with E-state index in [1.807, 2.05) is 26.2 Å². The van der Waals surface area contributed by atoms with E-state index in [4.69, 9.17) is 0 Å². The molecule has 2 aliphatic carbocycles. The standard InChI is InChI=1S/C24H39N4O3P/c1-16(2)22(29)18-5-7-24(8-6-18)11-19(12-24)28-10-9-27(15-21(28)32(30)31)20-13-25-23(17(3)4)26-14-20/h13-14,16-19,21,30-31H,5-12,15H2,1-4H3. The van der Waals surface area contributed by atoms with Gasteiger partial charge in [0.25, 0.3) is 0 Å². The summed E-state index contributed by atoms with van der Waals surface area (Å²) >= 11 is 0. The van der Waals surface area contributed by atoms with Gasteiger partial charge in [-0.05, 0) is 43.9 Å². The number of anilines is 1. The zero-order chi connectivity index (χ0) is 23.0. The van der Waals surface area contributed by atoms with E-state index >= 15 is 0 Å². The van der Waals surface area contributed by atoms with Gasteiger partial charge in [0.15, 0.2) is 8.38 Å².